The fourth-order valence-corrected chi connectivity index (χ4v) is 4.00. The highest BCUT2D eigenvalue weighted by atomic mass is 19.3. The smallest absolute Gasteiger partial charge is 0.270 e. The number of nitrogens with zero attached hydrogens (tertiary/aromatic N) is 2. The van der Waals surface area contributed by atoms with Gasteiger partial charge in [-0.3, -0.25) is 4.79 Å². The number of ether oxygens (including phenoxy) is 1. The molecular formula is C21H27F2N3O2. The van der Waals surface area contributed by atoms with Crippen molar-refractivity contribution in [1.82, 2.24) is 14.8 Å². The van der Waals surface area contributed by atoms with E-state index in [1.54, 1.807) is 6.07 Å². The van der Waals surface area contributed by atoms with E-state index < -0.39 is 5.92 Å². The van der Waals surface area contributed by atoms with Crippen LogP contribution in [-0.2, 0) is 0 Å². The fraction of sp³-hybridized carbons (Fsp3) is 0.571. The van der Waals surface area contributed by atoms with Gasteiger partial charge in [0.05, 0.1) is 6.61 Å². The number of benzene rings is 1. The van der Waals surface area contributed by atoms with Gasteiger partial charge in [0, 0.05) is 49.4 Å². The highest BCUT2D eigenvalue weighted by Gasteiger charge is 2.36. The van der Waals surface area contributed by atoms with Crippen LogP contribution in [0.5, 0.6) is 5.75 Å². The molecule has 5 nitrogen and oxygen atoms in total. The number of carbonyl (C=O) groups is 1. The van der Waals surface area contributed by atoms with Crippen molar-refractivity contribution < 1.29 is 18.3 Å². The second-order valence-corrected chi connectivity index (χ2v) is 7.83. The van der Waals surface area contributed by atoms with Gasteiger partial charge in [0.1, 0.15) is 11.4 Å². The first-order valence-corrected chi connectivity index (χ1v) is 10.2. The standard InChI is InChI=1S/C21H27F2N3O2/c22-21(23)6-11-26(12-7-21)20(27)19-14-16-4-5-17(15-18(16)24-19)28-13-3-10-25-8-1-2-9-25/h4-5,14-15,24H,1-3,6-13H2. The molecule has 2 aliphatic rings. The zero-order chi connectivity index (χ0) is 19.6. The maximum atomic E-state index is 13.3. The Morgan fingerprint density at radius 3 is 2.61 bits per heavy atom. The molecule has 0 saturated carbocycles. The minimum atomic E-state index is -2.65. The van der Waals surface area contributed by atoms with Gasteiger partial charge in [-0.1, -0.05) is 0 Å². The van der Waals surface area contributed by atoms with Crippen molar-refractivity contribution >= 4 is 16.8 Å². The van der Waals surface area contributed by atoms with Crippen LogP contribution in [0.25, 0.3) is 10.9 Å². The first kappa shape index (κ1) is 19.2. The minimum absolute atomic E-state index is 0.0899. The normalized spacial score (nSPS) is 20.0. The number of piperidine rings is 1. The summed E-state index contributed by atoms with van der Waals surface area (Å²) >= 11 is 0. The molecule has 0 unspecified atom stereocenters. The van der Waals surface area contributed by atoms with Crippen LogP contribution in [0.4, 0.5) is 8.78 Å². The first-order chi connectivity index (χ1) is 13.5. The van der Waals surface area contributed by atoms with Gasteiger partial charge in [-0.05, 0) is 50.6 Å². The van der Waals surface area contributed by atoms with Crippen molar-refractivity contribution in [3.63, 3.8) is 0 Å². The molecule has 0 radical (unpaired) electrons. The molecule has 0 aliphatic carbocycles. The molecule has 0 spiro atoms. The summed E-state index contributed by atoms with van der Waals surface area (Å²) in [6, 6.07) is 7.50. The summed E-state index contributed by atoms with van der Waals surface area (Å²) in [5, 5.41) is 0.912. The molecule has 0 bridgehead atoms. The number of carbonyl (C=O) groups excluding carboxylic acids is 1. The van der Waals surface area contributed by atoms with Gasteiger partial charge >= 0.3 is 0 Å². The zero-order valence-corrected chi connectivity index (χ0v) is 16.1. The van der Waals surface area contributed by atoms with Crippen LogP contribution in [0.15, 0.2) is 24.3 Å². The summed E-state index contributed by atoms with van der Waals surface area (Å²) in [6.45, 7) is 4.30. The van der Waals surface area contributed by atoms with E-state index in [1.807, 2.05) is 18.2 Å². The van der Waals surface area contributed by atoms with E-state index in [0.29, 0.717) is 12.3 Å². The lowest BCUT2D eigenvalue weighted by Gasteiger charge is -2.31. The maximum absolute atomic E-state index is 13.3. The van der Waals surface area contributed by atoms with E-state index in [1.165, 1.54) is 30.8 Å². The first-order valence-electron chi connectivity index (χ1n) is 10.2. The molecule has 1 aromatic carbocycles. The quantitative estimate of drug-likeness (QED) is 0.760. The van der Waals surface area contributed by atoms with Gasteiger partial charge in [0.15, 0.2) is 0 Å². The van der Waals surface area contributed by atoms with Gasteiger partial charge < -0.3 is 19.5 Å². The fourth-order valence-electron chi connectivity index (χ4n) is 4.00. The van der Waals surface area contributed by atoms with Crippen molar-refractivity contribution in [3.8, 4) is 5.75 Å². The molecule has 1 amide bonds. The van der Waals surface area contributed by atoms with Gasteiger partial charge in [0.25, 0.3) is 11.8 Å². The van der Waals surface area contributed by atoms with Gasteiger partial charge in [-0.15, -0.1) is 0 Å². The second kappa shape index (κ2) is 8.07. The number of H-pyrrole nitrogens is 1. The molecule has 2 aromatic rings. The summed E-state index contributed by atoms with van der Waals surface area (Å²) in [5.74, 6) is -2.11. The van der Waals surface area contributed by atoms with Crippen molar-refractivity contribution in [2.45, 2.75) is 38.0 Å². The lowest BCUT2D eigenvalue weighted by atomic mass is 10.1. The van der Waals surface area contributed by atoms with Crippen molar-refractivity contribution in [2.75, 3.05) is 39.3 Å². The number of likely N-dealkylation sites (tertiary alicyclic amines) is 2. The van der Waals surface area contributed by atoms with Crippen molar-refractivity contribution in [2.24, 2.45) is 0 Å². The minimum Gasteiger partial charge on any atom is -0.493 e. The summed E-state index contributed by atoms with van der Waals surface area (Å²) in [7, 11) is 0. The molecular weight excluding hydrogens is 364 g/mol. The molecule has 152 valence electrons. The number of rotatable bonds is 6. The predicted octanol–water partition coefficient (Wildman–Crippen LogP) is 3.90. The molecule has 2 saturated heterocycles. The lowest BCUT2D eigenvalue weighted by Crippen LogP contribution is -2.42. The summed E-state index contributed by atoms with van der Waals surface area (Å²) in [5.41, 5.74) is 1.26. The lowest BCUT2D eigenvalue weighted by molar-refractivity contribution is -0.0495. The topological polar surface area (TPSA) is 48.6 Å². The van der Waals surface area contributed by atoms with Crippen LogP contribution in [0.3, 0.4) is 0 Å². The highest BCUT2D eigenvalue weighted by molar-refractivity contribution is 5.98. The van der Waals surface area contributed by atoms with Crippen LogP contribution < -0.4 is 4.74 Å². The number of aromatic amines is 1. The monoisotopic (exact) mass is 391 g/mol. The maximum Gasteiger partial charge on any atom is 0.270 e. The van der Waals surface area contributed by atoms with Gasteiger partial charge in [-0.2, -0.15) is 0 Å². The van der Waals surface area contributed by atoms with Crippen LogP contribution in [0.2, 0.25) is 0 Å². The molecule has 28 heavy (non-hydrogen) atoms. The third-order valence-corrected chi connectivity index (χ3v) is 5.69. The highest BCUT2D eigenvalue weighted by Crippen LogP contribution is 2.29. The van der Waals surface area contributed by atoms with E-state index in [0.717, 1.165) is 29.6 Å². The second-order valence-electron chi connectivity index (χ2n) is 7.83. The SMILES string of the molecule is O=C(c1cc2ccc(OCCCN3CCCC3)cc2[nH]1)N1CCC(F)(F)CC1. The Morgan fingerprint density at radius 2 is 1.86 bits per heavy atom. The molecule has 0 atom stereocenters. The van der Waals surface area contributed by atoms with Gasteiger partial charge in [0.2, 0.25) is 0 Å². The predicted molar refractivity (Wildman–Crippen MR) is 104 cm³/mol. The largest absolute Gasteiger partial charge is 0.493 e. The Balaban J connectivity index is 1.34. The Labute approximate surface area is 163 Å². The third kappa shape index (κ3) is 4.46. The van der Waals surface area contributed by atoms with E-state index in [2.05, 4.69) is 9.88 Å². The summed E-state index contributed by atoms with van der Waals surface area (Å²) < 4.78 is 32.5. The molecule has 7 heteroatoms. The molecule has 1 aromatic heterocycles. The molecule has 3 heterocycles. The Bertz CT molecular complexity index is 820. The molecule has 4 rings (SSSR count). The number of hydrogen-bond donors (Lipinski definition) is 1. The van der Waals surface area contributed by atoms with Crippen LogP contribution in [-0.4, -0.2) is 65.9 Å². The van der Waals surface area contributed by atoms with Crippen LogP contribution in [0, 0.1) is 0 Å². The van der Waals surface area contributed by atoms with E-state index >= 15 is 0 Å². The number of hydrogen-bond acceptors (Lipinski definition) is 3. The van der Waals surface area contributed by atoms with Crippen molar-refractivity contribution in [1.29, 1.82) is 0 Å². The Morgan fingerprint density at radius 1 is 1.11 bits per heavy atom. The summed E-state index contributed by atoms with van der Waals surface area (Å²) in [6.07, 6.45) is 3.05. The molecule has 1 N–H and O–H groups in total. The average molecular weight is 391 g/mol. The summed E-state index contributed by atoms with van der Waals surface area (Å²) in [4.78, 5) is 19.7. The number of fused-ring (bicyclic) bond motifs is 1. The van der Waals surface area contributed by atoms with E-state index in [4.69, 9.17) is 4.74 Å². The van der Waals surface area contributed by atoms with Crippen molar-refractivity contribution in [3.05, 3.63) is 30.0 Å². The van der Waals surface area contributed by atoms with E-state index in [-0.39, 0.29) is 31.8 Å². The third-order valence-electron chi connectivity index (χ3n) is 5.69. The number of amides is 1. The molecule has 2 aliphatic heterocycles. The van der Waals surface area contributed by atoms with Crippen LogP contribution in [0.1, 0.15) is 42.6 Å². The van der Waals surface area contributed by atoms with E-state index in [9.17, 15) is 13.6 Å². The number of alkyl halides is 2. The molecule has 2 fully saturated rings. The number of aromatic nitrogens is 1. The average Bonchev–Trinajstić information content (AvgIpc) is 3.34. The Kier molecular flexibility index (Phi) is 5.53. The number of nitrogens with one attached hydrogen (secondary N) is 1. The Hall–Kier alpha value is -2.15. The van der Waals surface area contributed by atoms with Gasteiger partial charge in [-0.25, -0.2) is 8.78 Å². The number of halogens is 2. The van der Waals surface area contributed by atoms with Crippen LogP contribution >= 0.6 is 0 Å². The zero-order valence-electron chi connectivity index (χ0n) is 16.1.